The number of hydrogen-bond donors (Lipinski definition) is 2. The fourth-order valence-electron chi connectivity index (χ4n) is 2.08. The van der Waals surface area contributed by atoms with Crippen molar-refractivity contribution in [3.63, 3.8) is 0 Å². The SMILES string of the molecule is Cc1cc(NC2CCOC2C)c(C)cc1O. The van der Waals surface area contributed by atoms with Crippen molar-refractivity contribution in [2.24, 2.45) is 0 Å². The highest BCUT2D eigenvalue weighted by Crippen LogP contribution is 2.27. The van der Waals surface area contributed by atoms with Crippen molar-refractivity contribution in [3.05, 3.63) is 23.3 Å². The van der Waals surface area contributed by atoms with Crippen LogP contribution >= 0.6 is 0 Å². The van der Waals surface area contributed by atoms with Crippen molar-refractivity contribution in [1.29, 1.82) is 0 Å². The molecule has 1 fully saturated rings. The van der Waals surface area contributed by atoms with Crippen LogP contribution in [0.15, 0.2) is 12.1 Å². The van der Waals surface area contributed by atoms with Crippen molar-refractivity contribution in [2.75, 3.05) is 11.9 Å². The maximum atomic E-state index is 9.58. The van der Waals surface area contributed by atoms with Gasteiger partial charge >= 0.3 is 0 Å². The van der Waals surface area contributed by atoms with Crippen molar-refractivity contribution in [2.45, 2.75) is 39.3 Å². The maximum absolute atomic E-state index is 9.58. The Labute approximate surface area is 96.4 Å². The van der Waals surface area contributed by atoms with E-state index in [4.69, 9.17) is 4.74 Å². The minimum absolute atomic E-state index is 0.258. The van der Waals surface area contributed by atoms with E-state index in [9.17, 15) is 5.11 Å². The molecule has 3 nitrogen and oxygen atoms in total. The van der Waals surface area contributed by atoms with Gasteiger partial charge in [-0.25, -0.2) is 0 Å². The molecule has 2 N–H and O–H groups in total. The molecule has 1 saturated heterocycles. The highest BCUT2D eigenvalue weighted by Gasteiger charge is 2.24. The Morgan fingerprint density at radius 3 is 2.69 bits per heavy atom. The van der Waals surface area contributed by atoms with E-state index in [-0.39, 0.29) is 6.10 Å². The summed E-state index contributed by atoms with van der Waals surface area (Å²) in [5.74, 6) is 0.360. The fourth-order valence-corrected chi connectivity index (χ4v) is 2.08. The van der Waals surface area contributed by atoms with E-state index in [1.807, 2.05) is 19.9 Å². The summed E-state index contributed by atoms with van der Waals surface area (Å²) in [5, 5.41) is 13.1. The topological polar surface area (TPSA) is 41.5 Å². The van der Waals surface area contributed by atoms with Gasteiger partial charge in [-0.05, 0) is 50.5 Å². The minimum atomic E-state index is 0.258. The standard InChI is InChI=1S/C13H19NO2/c1-8-7-13(15)9(2)6-12(8)14-11-4-5-16-10(11)3/h6-7,10-11,14-15H,4-5H2,1-3H3. The molecule has 1 heterocycles. The summed E-state index contributed by atoms with van der Waals surface area (Å²) in [5.41, 5.74) is 3.07. The van der Waals surface area contributed by atoms with Gasteiger partial charge in [-0.1, -0.05) is 0 Å². The zero-order valence-electron chi connectivity index (χ0n) is 10.1. The first-order valence-electron chi connectivity index (χ1n) is 5.76. The second kappa shape index (κ2) is 4.34. The molecule has 3 heteroatoms. The molecule has 2 atom stereocenters. The minimum Gasteiger partial charge on any atom is -0.508 e. The van der Waals surface area contributed by atoms with Gasteiger partial charge in [0, 0.05) is 12.3 Å². The van der Waals surface area contributed by atoms with Crippen LogP contribution in [0.5, 0.6) is 5.75 Å². The highest BCUT2D eigenvalue weighted by atomic mass is 16.5. The molecule has 0 radical (unpaired) electrons. The number of phenols is 1. The van der Waals surface area contributed by atoms with Gasteiger partial charge in [-0.15, -0.1) is 0 Å². The van der Waals surface area contributed by atoms with E-state index in [0.29, 0.717) is 11.8 Å². The number of ether oxygens (including phenoxy) is 1. The van der Waals surface area contributed by atoms with Gasteiger partial charge < -0.3 is 15.2 Å². The molecule has 0 aliphatic carbocycles. The van der Waals surface area contributed by atoms with Crippen LogP contribution in [0.1, 0.15) is 24.5 Å². The summed E-state index contributed by atoms with van der Waals surface area (Å²) in [7, 11) is 0. The van der Waals surface area contributed by atoms with Gasteiger partial charge in [0.05, 0.1) is 12.1 Å². The van der Waals surface area contributed by atoms with Crippen LogP contribution < -0.4 is 5.32 Å². The van der Waals surface area contributed by atoms with Crippen LogP contribution in [-0.2, 0) is 4.74 Å². The van der Waals surface area contributed by atoms with Gasteiger partial charge in [-0.3, -0.25) is 0 Å². The Bertz CT molecular complexity index is 390. The van der Waals surface area contributed by atoms with Crippen molar-refractivity contribution >= 4 is 5.69 Å². The zero-order valence-corrected chi connectivity index (χ0v) is 10.1. The molecule has 0 aromatic heterocycles. The summed E-state index contributed by atoms with van der Waals surface area (Å²) < 4.78 is 5.52. The Kier molecular flexibility index (Phi) is 3.06. The number of hydrogen-bond acceptors (Lipinski definition) is 3. The van der Waals surface area contributed by atoms with Gasteiger partial charge in [-0.2, -0.15) is 0 Å². The third-order valence-corrected chi connectivity index (χ3v) is 3.26. The molecule has 2 unspecified atom stereocenters. The Morgan fingerprint density at radius 2 is 2.06 bits per heavy atom. The number of aromatic hydroxyl groups is 1. The number of benzene rings is 1. The molecule has 16 heavy (non-hydrogen) atoms. The predicted molar refractivity (Wildman–Crippen MR) is 65.0 cm³/mol. The number of aryl methyl sites for hydroxylation is 2. The van der Waals surface area contributed by atoms with E-state index in [0.717, 1.165) is 29.8 Å². The lowest BCUT2D eigenvalue weighted by Crippen LogP contribution is -2.27. The van der Waals surface area contributed by atoms with E-state index in [1.165, 1.54) is 0 Å². The van der Waals surface area contributed by atoms with Crippen molar-refractivity contribution in [3.8, 4) is 5.75 Å². The Hall–Kier alpha value is -1.22. The number of phenolic OH excluding ortho intramolecular Hbond substituents is 1. The van der Waals surface area contributed by atoms with Gasteiger partial charge in [0.15, 0.2) is 0 Å². The molecule has 1 aliphatic heterocycles. The monoisotopic (exact) mass is 221 g/mol. The van der Waals surface area contributed by atoms with E-state index >= 15 is 0 Å². The van der Waals surface area contributed by atoms with Crippen LogP contribution in [0.4, 0.5) is 5.69 Å². The summed E-state index contributed by atoms with van der Waals surface area (Å²) in [6.45, 7) is 6.83. The predicted octanol–water partition coefficient (Wildman–Crippen LogP) is 2.60. The molecule has 0 saturated carbocycles. The second-order valence-electron chi connectivity index (χ2n) is 4.57. The smallest absolute Gasteiger partial charge is 0.118 e. The molecule has 1 aromatic rings. The van der Waals surface area contributed by atoms with E-state index < -0.39 is 0 Å². The summed E-state index contributed by atoms with van der Waals surface area (Å²) >= 11 is 0. The van der Waals surface area contributed by atoms with Crippen molar-refractivity contribution in [1.82, 2.24) is 0 Å². The average molecular weight is 221 g/mol. The highest BCUT2D eigenvalue weighted by molar-refractivity contribution is 5.57. The largest absolute Gasteiger partial charge is 0.508 e. The van der Waals surface area contributed by atoms with Crippen LogP contribution in [0.3, 0.4) is 0 Å². The molecular weight excluding hydrogens is 202 g/mol. The van der Waals surface area contributed by atoms with Crippen LogP contribution in [-0.4, -0.2) is 23.9 Å². The quantitative estimate of drug-likeness (QED) is 0.754. The molecule has 0 bridgehead atoms. The van der Waals surface area contributed by atoms with E-state index in [2.05, 4.69) is 12.2 Å². The van der Waals surface area contributed by atoms with Crippen LogP contribution in [0.25, 0.3) is 0 Å². The maximum Gasteiger partial charge on any atom is 0.118 e. The number of anilines is 1. The summed E-state index contributed by atoms with van der Waals surface area (Å²) in [6.07, 6.45) is 1.30. The first-order chi connectivity index (χ1) is 7.58. The normalized spacial score (nSPS) is 24.7. The summed E-state index contributed by atoms with van der Waals surface area (Å²) in [6, 6.07) is 4.18. The van der Waals surface area contributed by atoms with Gasteiger partial charge in [0.25, 0.3) is 0 Å². The molecule has 88 valence electrons. The number of nitrogens with one attached hydrogen (secondary N) is 1. The fraction of sp³-hybridized carbons (Fsp3) is 0.538. The second-order valence-corrected chi connectivity index (χ2v) is 4.57. The lowest BCUT2D eigenvalue weighted by Gasteiger charge is -2.19. The van der Waals surface area contributed by atoms with Crippen LogP contribution in [0, 0.1) is 13.8 Å². The first-order valence-corrected chi connectivity index (χ1v) is 5.76. The molecule has 1 aliphatic rings. The van der Waals surface area contributed by atoms with Gasteiger partial charge in [0.1, 0.15) is 5.75 Å². The van der Waals surface area contributed by atoms with Crippen molar-refractivity contribution < 1.29 is 9.84 Å². The summed E-state index contributed by atoms with van der Waals surface area (Å²) in [4.78, 5) is 0. The lowest BCUT2D eigenvalue weighted by molar-refractivity contribution is 0.121. The molecule has 0 amide bonds. The Morgan fingerprint density at radius 1 is 1.31 bits per heavy atom. The molecular formula is C13H19NO2. The van der Waals surface area contributed by atoms with Crippen LogP contribution in [0.2, 0.25) is 0 Å². The number of rotatable bonds is 2. The molecule has 1 aromatic carbocycles. The molecule has 2 rings (SSSR count). The van der Waals surface area contributed by atoms with Gasteiger partial charge in [0.2, 0.25) is 0 Å². The average Bonchev–Trinajstić information content (AvgIpc) is 2.61. The Balaban J connectivity index is 2.18. The third-order valence-electron chi connectivity index (χ3n) is 3.26. The zero-order chi connectivity index (χ0) is 11.7. The molecule has 0 spiro atoms. The third kappa shape index (κ3) is 2.14. The van der Waals surface area contributed by atoms with E-state index in [1.54, 1.807) is 6.07 Å². The first kappa shape index (κ1) is 11.3. The lowest BCUT2D eigenvalue weighted by atomic mass is 10.1.